The lowest BCUT2D eigenvalue weighted by Gasteiger charge is -2.18. The van der Waals surface area contributed by atoms with Crippen LogP contribution in [0.5, 0.6) is 5.75 Å². The summed E-state index contributed by atoms with van der Waals surface area (Å²) in [5.74, 6) is 0.339. The lowest BCUT2D eigenvalue weighted by Crippen LogP contribution is -3.00. The third kappa shape index (κ3) is 4.07. The van der Waals surface area contributed by atoms with Crippen LogP contribution in [-0.4, -0.2) is 18.2 Å². The van der Waals surface area contributed by atoms with E-state index in [1.807, 2.05) is 49.4 Å². The highest BCUT2D eigenvalue weighted by atomic mass is 127. The van der Waals surface area contributed by atoms with E-state index in [2.05, 4.69) is 5.32 Å². The first-order valence-electron chi connectivity index (χ1n) is 9.08. The predicted molar refractivity (Wildman–Crippen MR) is 106 cm³/mol. The van der Waals surface area contributed by atoms with Gasteiger partial charge in [-0.2, -0.15) is 4.57 Å². The number of halogens is 1. The number of hydrogen-bond donors (Lipinski definition) is 1. The molecule has 0 saturated carbocycles. The molecule has 0 aliphatic heterocycles. The number of carbonyl (C=O) groups excluding carboxylic acids is 2. The van der Waals surface area contributed by atoms with Crippen molar-refractivity contribution >= 4 is 23.0 Å². The fraction of sp³-hybridized carbons (Fsp3) is 0.0870. The second-order valence-electron chi connectivity index (χ2n) is 6.29. The lowest BCUT2D eigenvalue weighted by molar-refractivity contribution is -0.577. The number of ether oxygens (including phenoxy) is 1. The molecule has 0 bridgehead atoms. The van der Waals surface area contributed by atoms with Crippen molar-refractivity contribution in [2.75, 3.05) is 11.9 Å². The molecule has 0 atom stereocenters. The van der Waals surface area contributed by atoms with Crippen molar-refractivity contribution in [2.45, 2.75) is 6.92 Å². The van der Waals surface area contributed by atoms with Crippen molar-refractivity contribution in [3.63, 3.8) is 0 Å². The molecule has 5 nitrogen and oxygen atoms in total. The number of rotatable bonds is 5. The number of aromatic nitrogens is 1. The Morgan fingerprint density at radius 1 is 0.828 bits per heavy atom. The van der Waals surface area contributed by atoms with Gasteiger partial charge in [-0.1, -0.05) is 30.3 Å². The molecular weight excluding hydrogens is 479 g/mol. The molecule has 0 unspecified atom stereocenters. The third-order valence-corrected chi connectivity index (χ3v) is 4.50. The molecule has 1 aliphatic carbocycles. The number of benzene rings is 2. The summed E-state index contributed by atoms with van der Waals surface area (Å²) in [5, 5.41) is 3.15. The summed E-state index contributed by atoms with van der Waals surface area (Å²) in [6.45, 7) is 2.50. The third-order valence-electron chi connectivity index (χ3n) is 4.50. The fourth-order valence-electron chi connectivity index (χ4n) is 3.22. The highest BCUT2D eigenvalue weighted by molar-refractivity contribution is 6.36. The molecule has 0 fully saturated rings. The van der Waals surface area contributed by atoms with E-state index in [9.17, 15) is 9.59 Å². The Bertz CT molecular complexity index is 1080. The van der Waals surface area contributed by atoms with Crippen LogP contribution in [0, 0.1) is 0 Å². The van der Waals surface area contributed by atoms with Crippen LogP contribution in [0.3, 0.4) is 0 Å². The number of nitrogens with one attached hydrogen (secondary N) is 1. The Morgan fingerprint density at radius 3 is 2.07 bits per heavy atom. The van der Waals surface area contributed by atoms with Crippen molar-refractivity contribution in [3.8, 4) is 5.75 Å². The van der Waals surface area contributed by atoms with Gasteiger partial charge in [0.15, 0.2) is 18.1 Å². The Kier molecular flexibility index (Phi) is 6.43. The number of Topliss-reactive ketones (excluding diaryl/α,β-unsaturated/α-hetero) is 2. The number of nitrogens with zero attached hydrogens (tertiary/aromatic N) is 1. The summed E-state index contributed by atoms with van der Waals surface area (Å²) in [5.41, 5.74) is 2.08. The van der Waals surface area contributed by atoms with Gasteiger partial charge in [-0.05, 0) is 31.2 Å². The zero-order chi connectivity index (χ0) is 19.5. The van der Waals surface area contributed by atoms with E-state index in [0.717, 1.165) is 5.75 Å². The number of ketones is 2. The van der Waals surface area contributed by atoms with E-state index in [0.29, 0.717) is 29.1 Å². The highest BCUT2D eigenvalue weighted by Crippen LogP contribution is 2.28. The van der Waals surface area contributed by atoms with Gasteiger partial charge < -0.3 is 34.0 Å². The minimum Gasteiger partial charge on any atom is -1.00 e. The van der Waals surface area contributed by atoms with Crippen LogP contribution in [0.2, 0.25) is 0 Å². The van der Waals surface area contributed by atoms with Crippen molar-refractivity contribution in [1.82, 2.24) is 0 Å². The number of allylic oxidation sites excluding steroid dienone is 2. The Labute approximate surface area is 186 Å². The van der Waals surface area contributed by atoms with E-state index < -0.39 is 0 Å². The Morgan fingerprint density at radius 2 is 1.45 bits per heavy atom. The molecule has 0 spiro atoms. The molecule has 1 N–H and O–H groups in total. The second kappa shape index (κ2) is 9.00. The van der Waals surface area contributed by atoms with Crippen molar-refractivity contribution in [1.29, 1.82) is 0 Å². The zero-order valence-corrected chi connectivity index (χ0v) is 17.9. The maximum Gasteiger partial charge on any atom is 0.286 e. The van der Waals surface area contributed by atoms with E-state index in [-0.39, 0.29) is 41.2 Å². The second-order valence-corrected chi connectivity index (χ2v) is 6.29. The van der Waals surface area contributed by atoms with E-state index >= 15 is 0 Å². The molecule has 146 valence electrons. The molecule has 0 radical (unpaired) electrons. The average molecular weight is 498 g/mol. The average Bonchev–Trinajstić information content (AvgIpc) is 2.74. The topological polar surface area (TPSA) is 59.3 Å². The maximum absolute atomic E-state index is 13.2. The first kappa shape index (κ1) is 20.7. The van der Waals surface area contributed by atoms with Crippen LogP contribution in [0.15, 0.2) is 84.8 Å². The van der Waals surface area contributed by atoms with Gasteiger partial charge in [0.2, 0.25) is 5.78 Å². The van der Waals surface area contributed by atoms with Crippen LogP contribution in [0.4, 0.5) is 5.69 Å². The standard InChI is InChI=1S/C23H18N2O3.HI/c1-2-28-17-12-10-16(11-13-17)24-20-21(25-14-6-3-7-15-25)23(27)19-9-5-4-8-18(19)22(20)26;/h3-15H,2H2,1H3;1H. The van der Waals surface area contributed by atoms with Gasteiger partial charge in [0.05, 0.1) is 6.61 Å². The maximum atomic E-state index is 13.2. The molecule has 0 saturated heterocycles. The smallest absolute Gasteiger partial charge is 0.286 e. The molecular formula is C23H19IN2O3. The molecule has 1 aromatic heterocycles. The van der Waals surface area contributed by atoms with Gasteiger partial charge in [0.1, 0.15) is 5.75 Å². The van der Waals surface area contributed by atoms with Crippen LogP contribution in [0.1, 0.15) is 27.6 Å². The molecule has 4 rings (SSSR count). The van der Waals surface area contributed by atoms with Gasteiger partial charge in [-0.15, -0.1) is 0 Å². The number of carbonyl (C=O) groups is 2. The van der Waals surface area contributed by atoms with Crippen LogP contribution in [-0.2, 0) is 0 Å². The van der Waals surface area contributed by atoms with Crippen molar-refractivity contribution in [3.05, 3.63) is 95.9 Å². The van der Waals surface area contributed by atoms with Crippen molar-refractivity contribution < 1.29 is 42.9 Å². The largest absolute Gasteiger partial charge is 1.00 e. The lowest BCUT2D eigenvalue weighted by atomic mass is 9.90. The number of hydrogen-bond acceptors (Lipinski definition) is 4. The highest BCUT2D eigenvalue weighted by Gasteiger charge is 2.38. The summed E-state index contributed by atoms with van der Waals surface area (Å²) < 4.78 is 7.13. The van der Waals surface area contributed by atoms with Gasteiger partial charge in [-0.25, -0.2) is 0 Å². The van der Waals surface area contributed by atoms with Crippen LogP contribution in [0.25, 0.3) is 5.70 Å². The zero-order valence-electron chi connectivity index (χ0n) is 15.8. The van der Waals surface area contributed by atoms with Gasteiger partial charge >= 0.3 is 0 Å². The fourth-order valence-corrected chi connectivity index (χ4v) is 3.22. The van der Waals surface area contributed by atoms with Crippen molar-refractivity contribution in [2.24, 2.45) is 0 Å². The van der Waals surface area contributed by atoms with E-state index in [1.165, 1.54) is 0 Å². The summed E-state index contributed by atoms with van der Waals surface area (Å²) in [6, 6.07) is 19.7. The molecule has 0 amide bonds. The number of anilines is 1. The van der Waals surface area contributed by atoms with Gasteiger partial charge in [0, 0.05) is 28.9 Å². The summed E-state index contributed by atoms with van der Waals surface area (Å²) in [7, 11) is 0. The summed E-state index contributed by atoms with van der Waals surface area (Å²) >= 11 is 0. The first-order valence-corrected chi connectivity index (χ1v) is 9.08. The molecule has 3 aromatic rings. The first-order chi connectivity index (χ1) is 13.7. The minimum absolute atomic E-state index is 0. The quantitative estimate of drug-likeness (QED) is 0.417. The van der Waals surface area contributed by atoms with Gasteiger partial charge in [0.25, 0.3) is 11.5 Å². The van der Waals surface area contributed by atoms with E-state index in [4.69, 9.17) is 4.74 Å². The normalized spacial score (nSPS) is 12.9. The molecule has 6 heteroatoms. The molecule has 2 aromatic carbocycles. The molecule has 1 aliphatic rings. The molecule has 1 heterocycles. The number of pyridine rings is 1. The van der Waals surface area contributed by atoms with E-state index in [1.54, 1.807) is 41.2 Å². The summed E-state index contributed by atoms with van der Waals surface area (Å²) in [4.78, 5) is 26.4. The van der Waals surface area contributed by atoms with Crippen LogP contribution < -0.4 is 38.6 Å². The minimum atomic E-state index is -0.213. The SMILES string of the molecule is CCOc1ccc(NC2=C([n+]3ccccc3)C(=O)c3ccccc3C2=O)cc1.[I-]. The molecule has 29 heavy (non-hydrogen) atoms. The Hall–Kier alpha value is -3.00. The monoisotopic (exact) mass is 498 g/mol. The summed E-state index contributed by atoms with van der Waals surface area (Å²) in [6.07, 6.45) is 3.52. The number of fused-ring (bicyclic) bond motifs is 1. The predicted octanol–water partition coefficient (Wildman–Crippen LogP) is 0.737. The van der Waals surface area contributed by atoms with Gasteiger partial charge in [-0.3, -0.25) is 9.59 Å². The van der Waals surface area contributed by atoms with Crippen LogP contribution >= 0.6 is 0 Å². The Balaban J connectivity index is 0.00000240.